The molecule has 3 amide bonds. The van der Waals surface area contributed by atoms with Gasteiger partial charge < -0.3 is 19.7 Å². The van der Waals surface area contributed by atoms with E-state index < -0.39 is 12.2 Å². The lowest BCUT2D eigenvalue weighted by Gasteiger charge is -2.20. The van der Waals surface area contributed by atoms with Crippen molar-refractivity contribution >= 4 is 23.6 Å². The molecule has 3 fully saturated rings. The van der Waals surface area contributed by atoms with E-state index in [9.17, 15) is 18.8 Å². The van der Waals surface area contributed by atoms with Crippen LogP contribution in [0.5, 0.6) is 0 Å². The molecule has 1 aliphatic carbocycles. The summed E-state index contributed by atoms with van der Waals surface area (Å²) in [5.74, 6) is 0.0661. The average Bonchev–Trinajstić information content (AvgIpc) is 3.01. The largest absolute Gasteiger partial charge is 0.442 e. The van der Waals surface area contributed by atoms with Crippen LogP contribution in [0.2, 0.25) is 0 Å². The van der Waals surface area contributed by atoms with Crippen molar-refractivity contribution < 1.29 is 28.2 Å². The maximum atomic E-state index is 14.8. The second-order valence-electron chi connectivity index (χ2n) is 7.84. The highest BCUT2D eigenvalue weighted by Gasteiger charge is 2.57. The van der Waals surface area contributed by atoms with Crippen molar-refractivity contribution in [3.63, 3.8) is 0 Å². The number of nitrogens with zero attached hydrogens (tertiary/aromatic N) is 2. The maximum absolute atomic E-state index is 14.8. The number of hydrogen-bond donors (Lipinski definition) is 1. The first-order valence-electron chi connectivity index (χ1n) is 9.67. The summed E-state index contributed by atoms with van der Waals surface area (Å²) < 4.78 is 24.9. The second kappa shape index (κ2) is 7.62. The van der Waals surface area contributed by atoms with Gasteiger partial charge in [-0.2, -0.15) is 0 Å². The van der Waals surface area contributed by atoms with Gasteiger partial charge in [-0.3, -0.25) is 14.5 Å². The van der Waals surface area contributed by atoms with Gasteiger partial charge in [-0.05, 0) is 35.4 Å². The Morgan fingerprint density at radius 3 is 2.62 bits per heavy atom. The Morgan fingerprint density at radius 2 is 2.00 bits per heavy atom. The summed E-state index contributed by atoms with van der Waals surface area (Å²) in [6.45, 7) is 3.19. The molecular formula is C20H24FN3O5. The zero-order chi connectivity index (χ0) is 20.7. The smallest absolute Gasteiger partial charge is 0.414 e. The van der Waals surface area contributed by atoms with E-state index in [1.807, 2.05) is 0 Å². The quantitative estimate of drug-likeness (QED) is 0.766. The van der Waals surface area contributed by atoms with Crippen LogP contribution < -0.4 is 10.2 Å². The van der Waals surface area contributed by atoms with Crippen molar-refractivity contribution in [3.05, 3.63) is 29.6 Å². The standard InChI is InChI=1S/C20H24FN3O5/c1-11(25)22-6-13-7-24(20(27)29-13)12-3-4-14(17(21)5-12)19-15-8-23(9-16(15)19)18(26)10-28-2/h3-5,13,15-16,19H,6-10H2,1-2H3,(H,22,25)/t13-,15-,16+,19+/m0/s1. The highest BCUT2D eigenvalue weighted by Crippen LogP contribution is 2.58. The predicted octanol–water partition coefficient (Wildman–Crippen LogP) is 1.11. The molecule has 1 aromatic rings. The molecule has 2 heterocycles. The fourth-order valence-electron chi connectivity index (χ4n) is 4.46. The highest BCUT2D eigenvalue weighted by molar-refractivity contribution is 5.90. The molecule has 2 aliphatic heterocycles. The van der Waals surface area contributed by atoms with Gasteiger partial charge in [0.25, 0.3) is 0 Å². The van der Waals surface area contributed by atoms with Gasteiger partial charge in [0, 0.05) is 27.1 Å². The molecule has 9 heteroatoms. The Hall–Kier alpha value is -2.68. The Kier molecular flexibility index (Phi) is 5.16. The SMILES string of the molecule is COCC(=O)N1C[C@@H]2[C@H](C1)[C@H]2c1ccc(N2C[C@H](CNC(C)=O)OC2=O)cc1F. The van der Waals surface area contributed by atoms with E-state index in [0.29, 0.717) is 24.3 Å². The lowest BCUT2D eigenvalue weighted by atomic mass is 10.0. The lowest BCUT2D eigenvalue weighted by molar-refractivity contribution is -0.134. The predicted molar refractivity (Wildman–Crippen MR) is 101 cm³/mol. The summed E-state index contributed by atoms with van der Waals surface area (Å²) in [6.07, 6.45) is -1.02. The van der Waals surface area contributed by atoms with Crippen molar-refractivity contribution in [2.24, 2.45) is 11.8 Å². The van der Waals surface area contributed by atoms with E-state index in [1.165, 1.54) is 25.0 Å². The minimum atomic E-state index is -0.553. The van der Waals surface area contributed by atoms with Gasteiger partial charge in [-0.1, -0.05) is 6.07 Å². The van der Waals surface area contributed by atoms with Crippen LogP contribution in [0, 0.1) is 17.7 Å². The van der Waals surface area contributed by atoms with E-state index in [0.717, 1.165) is 0 Å². The Labute approximate surface area is 167 Å². The molecule has 0 unspecified atom stereocenters. The molecule has 156 valence electrons. The number of piperidine rings is 1. The number of halogens is 1. The van der Waals surface area contributed by atoms with E-state index >= 15 is 0 Å². The molecule has 4 rings (SSSR count). The summed E-state index contributed by atoms with van der Waals surface area (Å²) >= 11 is 0. The number of ether oxygens (including phenoxy) is 2. The van der Waals surface area contributed by atoms with Gasteiger partial charge in [-0.25, -0.2) is 9.18 Å². The van der Waals surface area contributed by atoms with Crippen LogP contribution in [0.1, 0.15) is 18.4 Å². The summed E-state index contributed by atoms with van der Waals surface area (Å²) in [5, 5.41) is 2.61. The minimum absolute atomic E-state index is 0.0318. The molecule has 2 saturated heterocycles. The molecule has 1 aromatic carbocycles. The zero-order valence-corrected chi connectivity index (χ0v) is 16.4. The van der Waals surface area contributed by atoms with Crippen molar-refractivity contribution in [2.75, 3.05) is 44.8 Å². The van der Waals surface area contributed by atoms with Crippen LogP contribution in [0.4, 0.5) is 14.9 Å². The van der Waals surface area contributed by atoms with E-state index in [1.54, 1.807) is 17.0 Å². The Balaban J connectivity index is 1.38. The number of hydrogen-bond acceptors (Lipinski definition) is 5. The zero-order valence-electron chi connectivity index (χ0n) is 16.4. The number of carbonyl (C=O) groups is 3. The molecule has 1 saturated carbocycles. The van der Waals surface area contributed by atoms with E-state index in [4.69, 9.17) is 9.47 Å². The number of cyclic esters (lactones) is 1. The molecule has 29 heavy (non-hydrogen) atoms. The monoisotopic (exact) mass is 405 g/mol. The first-order chi connectivity index (χ1) is 13.9. The number of amides is 3. The van der Waals surface area contributed by atoms with Crippen LogP contribution in [0.25, 0.3) is 0 Å². The number of benzene rings is 1. The van der Waals surface area contributed by atoms with E-state index in [-0.39, 0.29) is 55.1 Å². The number of nitrogens with one attached hydrogen (secondary N) is 1. The van der Waals surface area contributed by atoms with Crippen LogP contribution in [0.3, 0.4) is 0 Å². The van der Waals surface area contributed by atoms with Crippen LogP contribution in [-0.4, -0.2) is 68.8 Å². The molecule has 0 bridgehead atoms. The van der Waals surface area contributed by atoms with Gasteiger partial charge in [-0.15, -0.1) is 0 Å². The number of methoxy groups -OCH3 is 1. The molecule has 1 N–H and O–H groups in total. The first-order valence-corrected chi connectivity index (χ1v) is 9.67. The van der Waals surface area contributed by atoms with Crippen LogP contribution >= 0.6 is 0 Å². The molecular weight excluding hydrogens is 381 g/mol. The lowest BCUT2D eigenvalue weighted by Crippen LogP contribution is -2.34. The molecule has 0 radical (unpaired) electrons. The van der Waals surface area contributed by atoms with Gasteiger partial charge in [0.15, 0.2) is 0 Å². The molecule has 8 nitrogen and oxygen atoms in total. The molecule has 4 atom stereocenters. The Bertz CT molecular complexity index is 835. The normalized spacial score (nSPS) is 27.6. The highest BCUT2D eigenvalue weighted by atomic mass is 19.1. The third-order valence-corrected chi connectivity index (χ3v) is 5.92. The summed E-state index contributed by atoms with van der Waals surface area (Å²) in [7, 11) is 1.49. The topological polar surface area (TPSA) is 88.2 Å². The number of carbonyl (C=O) groups excluding carboxylic acids is 3. The first kappa shape index (κ1) is 19.6. The van der Waals surface area contributed by atoms with Crippen LogP contribution in [0.15, 0.2) is 18.2 Å². The fourth-order valence-corrected chi connectivity index (χ4v) is 4.46. The number of anilines is 1. The summed E-state index contributed by atoms with van der Waals surface area (Å²) in [6, 6.07) is 4.81. The van der Waals surface area contributed by atoms with Gasteiger partial charge in [0.2, 0.25) is 11.8 Å². The summed E-state index contributed by atoms with van der Waals surface area (Å²) in [4.78, 5) is 38.2. The third-order valence-electron chi connectivity index (χ3n) is 5.92. The minimum Gasteiger partial charge on any atom is -0.442 e. The van der Waals surface area contributed by atoms with Gasteiger partial charge >= 0.3 is 6.09 Å². The van der Waals surface area contributed by atoms with Crippen molar-refractivity contribution in [2.45, 2.75) is 18.9 Å². The Morgan fingerprint density at radius 1 is 1.28 bits per heavy atom. The van der Waals surface area contributed by atoms with Crippen molar-refractivity contribution in [3.8, 4) is 0 Å². The van der Waals surface area contributed by atoms with Gasteiger partial charge in [0.05, 0.1) is 18.8 Å². The molecule has 0 spiro atoms. The molecule has 0 aromatic heterocycles. The fraction of sp³-hybridized carbons (Fsp3) is 0.550. The molecule has 3 aliphatic rings. The van der Waals surface area contributed by atoms with Crippen molar-refractivity contribution in [1.29, 1.82) is 0 Å². The average molecular weight is 405 g/mol. The van der Waals surface area contributed by atoms with E-state index in [2.05, 4.69) is 5.32 Å². The maximum Gasteiger partial charge on any atom is 0.414 e. The van der Waals surface area contributed by atoms with Gasteiger partial charge in [0.1, 0.15) is 18.5 Å². The number of likely N-dealkylation sites (tertiary alicyclic amines) is 1. The third kappa shape index (κ3) is 3.78. The second-order valence-corrected chi connectivity index (χ2v) is 7.84. The number of rotatable bonds is 6. The van der Waals surface area contributed by atoms with Crippen LogP contribution in [-0.2, 0) is 19.1 Å². The van der Waals surface area contributed by atoms with Crippen molar-refractivity contribution in [1.82, 2.24) is 10.2 Å². The summed E-state index contributed by atoms with van der Waals surface area (Å²) in [5.41, 5.74) is 1.06. The number of fused-ring (bicyclic) bond motifs is 1.